The van der Waals surface area contributed by atoms with Crippen LogP contribution in [-0.2, 0) is 4.74 Å². The van der Waals surface area contributed by atoms with Crippen molar-refractivity contribution in [2.24, 2.45) is 28.6 Å². The van der Waals surface area contributed by atoms with Gasteiger partial charge in [-0.3, -0.25) is 0 Å². The predicted molar refractivity (Wildman–Crippen MR) is 93.2 cm³/mol. The van der Waals surface area contributed by atoms with Gasteiger partial charge in [0.2, 0.25) is 0 Å². The van der Waals surface area contributed by atoms with Crippen LogP contribution in [0.3, 0.4) is 0 Å². The predicted octanol–water partition coefficient (Wildman–Crippen LogP) is -0.495. The molecule has 0 aromatic carbocycles. The molecule has 1 saturated heterocycles. The Morgan fingerprint density at radius 3 is 2.15 bits per heavy atom. The first-order valence-electron chi connectivity index (χ1n) is 10.1. The Bertz CT molecular complexity index is 744. The van der Waals surface area contributed by atoms with Gasteiger partial charge in [-0.2, -0.15) is 0 Å². The van der Waals surface area contributed by atoms with E-state index in [4.69, 9.17) is 4.74 Å². The van der Waals surface area contributed by atoms with Gasteiger partial charge in [0, 0.05) is 17.8 Å². The van der Waals surface area contributed by atoms with E-state index >= 15 is 0 Å². The van der Waals surface area contributed by atoms with Crippen LogP contribution in [-0.4, -0.2) is 71.0 Å². The molecule has 0 amide bonds. The summed E-state index contributed by atoms with van der Waals surface area (Å²) in [5.41, 5.74) is -10.0. The molecule has 4 saturated carbocycles. The molecule has 4 aliphatic carbocycles. The molecule has 1 heterocycles. The summed E-state index contributed by atoms with van der Waals surface area (Å²) in [5.74, 6) is -3.79. The van der Waals surface area contributed by atoms with Crippen LogP contribution in [0.5, 0.6) is 0 Å². The molecular formula is C20H32O7. The van der Waals surface area contributed by atoms with Gasteiger partial charge in [-0.05, 0) is 31.6 Å². The van der Waals surface area contributed by atoms with Gasteiger partial charge in [0.05, 0.1) is 11.5 Å². The maximum atomic E-state index is 12.1. The van der Waals surface area contributed by atoms with Crippen LogP contribution in [0.25, 0.3) is 0 Å². The van der Waals surface area contributed by atoms with E-state index in [1.165, 1.54) is 0 Å². The van der Waals surface area contributed by atoms with E-state index in [-0.39, 0.29) is 18.8 Å². The molecule has 27 heavy (non-hydrogen) atoms. The second-order valence-electron chi connectivity index (χ2n) is 10.9. The first-order chi connectivity index (χ1) is 12.1. The Kier molecular flexibility index (Phi) is 2.96. The highest BCUT2D eigenvalue weighted by Gasteiger charge is 2.99. The summed E-state index contributed by atoms with van der Waals surface area (Å²) < 4.78 is 6.04. The third kappa shape index (κ3) is 1.25. The average molecular weight is 384 g/mol. The summed E-state index contributed by atoms with van der Waals surface area (Å²) in [6, 6.07) is 0. The molecule has 6 N–H and O–H groups in total. The van der Waals surface area contributed by atoms with Gasteiger partial charge in [0.15, 0.2) is 5.79 Å². The smallest absolute Gasteiger partial charge is 0.177 e. The Hall–Kier alpha value is -0.280. The highest BCUT2D eigenvalue weighted by atomic mass is 16.7. The maximum absolute atomic E-state index is 12.1. The van der Waals surface area contributed by atoms with Gasteiger partial charge >= 0.3 is 0 Å². The number of ether oxygens (including phenoxy) is 1. The van der Waals surface area contributed by atoms with Crippen molar-refractivity contribution in [1.29, 1.82) is 0 Å². The summed E-state index contributed by atoms with van der Waals surface area (Å²) in [6.45, 7) is 8.54. The van der Waals surface area contributed by atoms with Crippen molar-refractivity contribution < 1.29 is 35.4 Å². The third-order valence-electron chi connectivity index (χ3n) is 10.2. The summed E-state index contributed by atoms with van der Waals surface area (Å²) in [4.78, 5) is 0. The van der Waals surface area contributed by atoms with Crippen molar-refractivity contribution in [3.63, 3.8) is 0 Å². The van der Waals surface area contributed by atoms with Crippen molar-refractivity contribution in [3.05, 3.63) is 0 Å². The highest BCUT2D eigenvalue weighted by Crippen LogP contribution is 2.84. The van der Waals surface area contributed by atoms with E-state index in [0.29, 0.717) is 6.42 Å². The van der Waals surface area contributed by atoms with Gasteiger partial charge in [0.25, 0.3) is 0 Å². The number of rotatable bonds is 1. The van der Waals surface area contributed by atoms with Crippen LogP contribution in [0.4, 0.5) is 0 Å². The molecular weight excluding hydrogens is 352 g/mol. The zero-order valence-electron chi connectivity index (χ0n) is 16.6. The van der Waals surface area contributed by atoms with Crippen LogP contribution < -0.4 is 0 Å². The molecule has 0 spiro atoms. The molecule has 1 aliphatic heterocycles. The molecule has 0 aromatic rings. The van der Waals surface area contributed by atoms with Gasteiger partial charge in [-0.15, -0.1) is 0 Å². The number of hydrogen-bond acceptors (Lipinski definition) is 7. The minimum absolute atomic E-state index is 0.0718. The zero-order valence-corrected chi connectivity index (χ0v) is 16.6. The molecule has 5 rings (SSSR count). The molecule has 4 unspecified atom stereocenters. The van der Waals surface area contributed by atoms with E-state index in [2.05, 4.69) is 0 Å². The third-order valence-corrected chi connectivity index (χ3v) is 10.2. The van der Waals surface area contributed by atoms with Crippen LogP contribution in [0.1, 0.15) is 53.9 Å². The minimum Gasteiger partial charge on any atom is -0.390 e. The first-order valence-corrected chi connectivity index (χ1v) is 10.1. The lowest BCUT2D eigenvalue weighted by Gasteiger charge is -2.67. The fourth-order valence-electron chi connectivity index (χ4n) is 8.76. The van der Waals surface area contributed by atoms with E-state index in [9.17, 15) is 30.6 Å². The largest absolute Gasteiger partial charge is 0.390 e. The fourth-order valence-corrected chi connectivity index (χ4v) is 8.76. The Morgan fingerprint density at radius 2 is 1.59 bits per heavy atom. The quantitative estimate of drug-likeness (QED) is 0.359. The van der Waals surface area contributed by atoms with Crippen molar-refractivity contribution in [2.75, 3.05) is 0 Å². The monoisotopic (exact) mass is 384 g/mol. The summed E-state index contributed by atoms with van der Waals surface area (Å²) in [6.07, 6.45) is -1.91. The number of aliphatic hydroxyl groups is 6. The lowest BCUT2D eigenvalue weighted by Crippen LogP contribution is -2.82. The van der Waals surface area contributed by atoms with Crippen LogP contribution in [0.2, 0.25) is 0 Å². The second kappa shape index (κ2) is 4.26. The number of aliphatic hydroxyl groups excluding tert-OH is 1. The molecule has 7 nitrogen and oxygen atoms in total. The molecule has 5 fully saturated rings. The molecule has 0 aromatic heterocycles. The van der Waals surface area contributed by atoms with Crippen LogP contribution >= 0.6 is 0 Å². The zero-order chi connectivity index (χ0) is 20.2. The van der Waals surface area contributed by atoms with Crippen molar-refractivity contribution >= 4 is 0 Å². The van der Waals surface area contributed by atoms with Crippen LogP contribution in [0.15, 0.2) is 0 Å². The minimum atomic E-state index is -1.98. The molecule has 5 bridgehead atoms. The first kappa shape index (κ1) is 18.7. The van der Waals surface area contributed by atoms with E-state index in [1.54, 1.807) is 27.7 Å². The van der Waals surface area contributed by atoms with Crippen molar-refractivity contribution in [2.45, 2.75) is 94.3 Å². The standard InChI is InChI=1S/C20H32O7/c1-9(2)18(24)12(21)11-14(4)8-17(23)15(18,5)20(11,26)13(27-17)19(25)10(3)6-7-16(14,19)22/h9-13,21-26H,6-8H2,1-5H3/t10-,11?,12-,13?,14?,15+,16+,17?,18-,19-,20-/m1/s1. The molecule has 154 valence electrons. The summed E-state index contributed by atoms with van der Waals surface area (Å²) >= 11 is 0. The van der Waals surface area contributed by atoms with Crippen LogP contribution in [0, 0.1) is 28.6 Å². The average Bonchev–Trinajstić information content (AvgIpc) is 2.90. The summed E-state index contributed by atoms with van der Waals surface area (Å²) in [5, 5.41) is 70.5. The second-order valence-corrected chi connectivity index (χ2v) is 10.9. The molecule has 0 radical (unpaired) electrons. The highest BCUT2D eigenvalue weighted by molar-refractivity contribution is 5.45. The Labute approximate surface area is 159 Å². The van der Waals surface area contributed by atoms with E-state index in [1.807, 2.05) is 6.92 Å². The van der Waals surface area contributed by atoms with Gasteiger partial charge in [0.1, 0.15) is 28.5 Å². The number of fused-ring (bicyclic) bond motifs is 3. The maximum Gasteiger partial charge on any atom is 0.177 e. The van der Waals surface area contributed by atoms with E-state index < -0.39 is 63.1 Å². The molecule has 7 heteroatoms. The SMILES string of the molecule is CC(C)[C@@]1(O)[C@H](O)C2C3(C)CC4(O)OC([C@@]2(O)[C@@]41C)[C@]1(O)[C@H](C)CC[C@]31O. The molecule has 5 aliphatic rings. The molecule has 11 atom stereocenters. The topological polar surface area (TPSA) is 131 Å². The Morgan fingerprint density at radius 1 is 1.00 bits per heavy atom. The Balaban J connectivity index is 1.91. The van der Waals surface area contributed by atoms with Gasteiger partial charge in [-0.1, -0.05) is 27.7 Å². The van der Waals surface area contributed by atoms with E-state index in [0.717, 1.165) is 0 Å². The lowest BCUT2D eigenvalue weighted by molar-refractivity contribution is -0.339. The fraction of sp³-hybridized carbons (Fsp3) is 1.00. The number of hydrogen-bond donors (Lipinski definition) is 6. The van der Waals surface area contributed by atoms with Gasteiger partial charge < -0.3 is 35.4 Å². The van der Waals surface area contributed by atoms with Crippen molar-refractivity contribution in [3.8, 4) is 0 Å². The lowest BCUT2D eigenvalue weighted by atomic mass is 9.40. The van der Waals surface area contributed by atoms with Gasteiger partial charge in [-0.25, -0.2) is 0 Å². The summed E-state index contributed by atoms with van der Waals surface area (Å²) in [7, 11) is 0. The normalized spacial score (nSPS) is 71.6. The van der Waals surface area contributed by atoms with Crippen molar-refractivity contribution in [1.82, 2.24) is 0 Å².